The van der Waals surface area contributed by atoms with E-state index in [9.17, 15) is 14.7 Å². The van der Waals surface area contributed by atoms with Crippen LogP contribution in [-0.2, 0) is 17.6 Å². The molecule has 1 aliphatic heterocycles. The summed E-state index contributed by atoms with van der Waals surface area (Å²) in [6.45, 7) is 6.43. The number of carbonyl (C=O) groups is 2. The van der Waals surface area contributed by atoms with Crippen molar-refractivity contribution in [2.24, 2.45) is 0 Å². The Morgan fingerprint density at radius 1 is 1.06 bits per heavy atom. The first kappa shape index (κ1) is 24.6. The molecule has 0 aromatic heterocycles. The second-order valence-electron chi connectivity index (χ2n) is 9.90. The molecule has 0 radical (unpaired) electrons. The topological polar surface area (TPSA) is 78.9 Å². The number of nitrogens with one attached hydrogen (secondary N) is 1. The highest BCUT2D eigenvalue weighted by Crippen LogP contribution is 2.32. The highest BCUT2D eigenvalue weighted by atomic mass is 16.5. The molecule has 1 saturated heterocycles. The first-order chi connectivity index (χ1) is 16.7. The summed E-state index contributed by atoms with van der Waals surface area (Å²) in [5, 5.41) is 14.8. The van der Waals surface area contributed by atoms with Crippen molar-refractivity contribution in [2.45, 2.75) is 57.6 Å². The number of ether oxygens (including phenoxy) is 1. The molecule has 35 heavy (non-hydrogen) atoms. The van der Waals surface area contributed by atoms with Gasteiger partial charge in [-0.15, -0.1) is 0 Å². The van der Waals surface area contributed by atoms with Gasteiger partial charge in [-0.25, -0.2) is 9.59 Å². The van der Waals surface area contributed by atoms with Gasteiger partial charge >= 0.3 is 12.0 Å². The number of likely N-dealkylation sites (N-methyl/N-ethyl adjacent to an activating group) is 1. The molecule has 3 aromatic rings. The van der Waals surface area contributed by atoms with Gasteiger partial charge in [0.25, 0.3) is 0 Å². The van der Waals surface area contributed by atoms with E-state index < -0.39 is 11.6 Å². The summed E-state index contributed by atoms with van der Waals surface area (Å²) in [5.41, 5.74) is 0.860. The Balaban J connectivity index is 1.45. The monoisotopic (exact) mass is 474 g/mol. The maximum Gasteiger partial charge on any atom is 0.347 e. The molecular weight excluding hydrogens is 440 g/mol. The first-order valence-corrected chi connectivity index (χ1v) is 12.3. The predicted octanol–water partition coefficient (Wildman–Crippen LogP) is 5.43. The van der Waals surface area contributed by atoms with Gasteiger partial charge in [0.05, 0.1) is 5.54 Å². The molecule has 3 aromatic carbocycles. The van der Waals surface area contributed by atoms with Crippen molar-refractivity contribution < 1.29 is 19.4 Å². The van der Waals surface area contributed by atoms with Crippen molar-refractivity contribution in [3.8, 4) is 5.75 Å². The number of fused-ring (bicyclic) bond motifs is 1. The summed E-state index contributed by atoms with van der Waals surface area (Å²) in [7, 11) is 0. The molecule has 6 heteroatoms. The molecule has 2 amide bonds. The molecule has 1 aliphatic rings. The smallest absolute Gasteiger partial charge is 0.347 e. The summed E-state index contributed by atoms with van der Waals surface area (Å²) in [5.74, 6) is -0.463. The van der Waals surface area contributed by atoms with Crippen molar-refractivity contribution in [3.63, 3.8) is 0 Å². The lowest BCUT2D eigenvalue weighted by atomic mass is 9.84. The number of nitrogens with zero attached hydrogens (tertiary/aromatic N) is 1. The highest BCUT2D eigenvalue weighted by molar-refractivity contribution is 5.83. The summed E-state index contributed by atoms with van der Waals surface area (Å²) < 4.78 is 5.61. The third kappa shape index (κ3) is 5.42. The minimum Gasteiger partial charge on any atom is -0.478 e. The van der Waals surface area contributed by atoms with Crippen LogP contribution in [0.15, 0.2) is 66.7 Å². The summed E-state index contributed by atoms with van der Waals surface area (Å²) in [4.78, 5) is 25.9. The lowest BCUT2D eigenvalue weighted by molar-refractivity contribution is -0.152. The maximum absolute atomic E-state index is 12.6. The van der Waals surface area contributed by atoms with E-state index in [1.165, 1.54) is 30.2 Å². The lowest BCUT2D eigenvalue weighted by Gasteiger charge is -2.37. The third-order valence-corrected chi connectivity index (χ3v) is 6.97. The van der Waals surface area contributed by atoms with Gasteiger partial charge in [-0.1, -0.05) is 54.6 Å². The van der Waals surface area contributed by atoms with E-state index in [1.54, 1.807) is 0 Å². The predicted molar refractivity (Wildman–Crippen MR) is 138 cm³/mol. The Bertz CT molecular complexity index is 1200. The first-order valence-electron chi connectivity index (χ1n) is 12.3. The summed E-state index contributed by atoms with van der Waals surface area (Å²) >= 11 is 0. The van der Waals surface area contributed by atoms with Gasteiger partial charge in [-0.05, 0) is 80.5 Å². The van der Waals surface area contributed by atoms with Gasteiger partial charge in [-0.3, -0.25) is 0 Å². The molecule has 1 atom stereocenters. The Kier molecular flexibility index (Phi) is 7.01. The van der Waals surface area contributed by atoms with Crippen LogP contribution in [0.3, 0.4) is 0 Å². The number of urea groups is 1. The Morgan fingerprint density at radius 3 is 2.43 bits per heavy atom. The van der Waals surface area contributed by atoms with Crippen LogP contribution in [0, 0.1) is 0 Å². The summed E-state index contributed by atoms with van der Waals surface area (Å²) in [6.07, 6.45) is 3.49. The minimum atomic E-state index is -1.28. The molecule has 6 nitrogen and oxygen atoms in total. The van der Waals surface area contributed by atoms with E-state index in [2.05, 4.69) is 41.7 Å². The molecule has 0 aliphatic carbocycles. The molecule has 2 N–H and O–H groups in total. The fourth-order valence-corrected chi connectivity index (χ4v) is 5.01. The number of hydrogen-bond acceptors (Lipinski definition) is 3. The van der Waals surface area contributed by atoms with Gasteiger partial charge < -0.3 is 20.1 Å². The maximum atomic E-state index is 12.6. The van der Waals surface area contributed by atoms with E-state index in [4.69, 9.17) is 4.74 Å². The van der Waals surface area contributed by atoms with E-state index >= 15 is 0 Å². The SMILES string of the molecule is CCN1C(=O)NCC1(CCCc1ccc(OC(C)(C)C(=O)O)cc1)Cc1ccc2ccccc2c1. The van der Waals surface area contributed by atoms with Crippen molar-refractivity contribution in [3.05, 3.63) is 77.9 Å². The van der Waals surface area contributed by atoms with E-state index in [0.717, 1.165) is 31.2 Å². The van der Waals surface area contributed by atoms with Crippen molar-refractivity contribution in [2.75, 3.05) is 13.1 Å². The zero-order valence-electron chi connectivity index (χ0n) is 20.7. The third-order valence-electron chi connectivity index (χ3n) is 6.97. The average Bonchev–Trinajstić information content (AvgIpc) is 3.14. The second-order valence-corrected chi connectivity index (χ2v) is 9.90. The molecule has 184 valence electrons. The minimum absolute atomic E-state index is 0.0100. The molecule has 4 rings (SSSR count). The van der Waals surface area contributed by atoms with Crippen LogP contribution >= 0.6 is 0 Å². The van der Waals surface area contributed by atoms with Crippen molar-refractivity contribution in [1.29, 1.82) is 0 Å². The normalized spacial score (nSPS) is 18.0. The quantitative estimate of drug-likeness (QED) is 0.411. The van der Waals surface area contributed by atoms with Gasteiger partial charge in [0.1, 0.15) is 5.75 Å². The molecular formula is C29H34N2O4. The van der Waals surface area contributed by atoms with Gasteiger partial charge in [0.15, 0.2) is 5.60 Å². The Labute approximate surface area is 206 Å². The zero-order chi connectivity index (χ0) is 25.1. The van der Waals surface area contributed by atoms with Crippen molar-refractivity contribution >= 4 is 22.8 Å². The number of hydrogen-bond donors (Lipinski definition) is 2. The molecule has 0 saturated carbocycles. The van der Waals surface area contributed by atoms with Crippen LogP contribution < -0.4 is 10.1 Å². The largest absolute Gasteiger partial charge is 0.478 e. The van der Waals surface area contributed by atoms with E-state index in [1.807, 2.05) is 42.2 Å². The number of carboxylic acids is 1. The second kappa shape index (κ2) is 9.98. The van der Waals surface area contributed by atoms with Crippen LogP contribution in [0.1, 0.15) is 44.7 Å². The van der Waals surface area contributed by atoms with Crippen LogP contribution in [0.5, 0.6) is 5.75 Å². The van der Waals surface area contributed by atoms with E-state index in [0.29, 0.717) is 18.8 Å². The fraction of sp³-hybridized carbons (Fsp3) is 0.379. The number of aryl methyl sites for hydroxylation is 1. The fourth-order valence-electron chi connectivity index (χ4n) is 5.01. The summed E-state index contributed by atoms with van der Waals surface area (Å²) in [6, 6.07) is 22.6. The standard InChI is InChI=1S/C29H34N2O4/c1-4-31-27(34)30-20-29(31,19-22-11-14-23-9-5-6-10-24(23)18-22)17-7-8-21-12-15-25(16-13-21)35-28(2,3)26(32)33/h5-6,9-16,18H,4,7-8,17,19-20H2,1-3H3,(H,30,34)(H,32,33). The molecule has 1 heterocycles. The Hall–Kier alpha value is -3.54. The number of carbonyl (C=O) groups excluding carboxylic acids is 1. The van der Waals surface area contributed by atoms with Gasteiger partial charge in [-0.2, -0.15) is 0 Å². The van der Waals surface area contributed by atoms with Crippen molar-refractivity contribution in [1.82, 2.24) is 10.2 Å². The van der Waals surface area contributed by atoms with Gasteiger partial charge in [0.2, 0.25) is 0 Å². The van der Waals surface area contributed by atoms with E-state index in [-0.39, 0.29) is 11.6 Å². The van der Waals surface area contributed by atoms with Crippen LogP contribution in [0.2, 0.25) is 0 Å². The number of benzene rings is 3. The van der Waals surface area contributed by atoms with Gasteiger partial charge in [0, 0.05) is 13.1 Å². The lowest BCUT2D eigenvalue weighted by Crippen LogP contribution is -2.49. The molecule has 0 bridgehead atoms. The molecule has 1 fully saturated rings. The van der Waals surface area contributed by atoms with Crippen LogP contribution in [0.4, 0.5) is 4.79 Å². The molecule has 1 unspecified atom stereocenters. The molecule has 0 spiro atoms. The van der Waals surface area contributed by atoms with Crippen LogP contribution in [0.25, 0.3) is 10.8 Å². The van der Waals surface area contributed by atoms with Crippen LogP contribution in [-0.4, -0.2) is 46.2 Å². The number of rotatable bonds is 10. The average molecular weight is 475 g/mol. The highest BCUT2D eigenvalue weighted by Gasteiger charge is 2.44. The number of carboxylic acid groups (broad SMARTS) is 1. The zero-order valence-corrected chi connectivity index (χ0v) is 20.7. The number of aliphatic carboxylic acids is 1. The number of amides is 2. The Morgan fingerprint density at radius 2 is 1.74 bits per heavy atom.